The van der Waals surface area contributed by atoms with Crippen molar-refractivity contribution in [2.24, 2.45) is 0 Å². The molecule has 1 aromatic rings. The second-order valence-electron chi connectivity index (χ2n) is 6.87. The fourth-order valence-corrected chi connectivity index (χ4v) is 3.94. The van der Waals surface area contributed by atoms with Gasteiger partial charge in [0.05, 0.1) is 23.8 Å². The third-order valence-electron chi connectivity index (χ3n) is 5.20. The molecule has 7 heteroatoms. The summed E-state index contributed by atoms with van der Waals surface area (Å²) >= 11 is 0. The highest BCUT2D eigenvalue weighted by Gasteiger charge is 2.46. The predicted octanol–water partition coefficient (Wildman–Crippen LogP) is 3.18. The molecular formula is C17H19F3N2O2. The van der Waals surface area contributed by atoms with Crippen LogP contribution in [0.15, 0.2) is 24.3 Å². The SMILES string of the molecule is O=C(N[C@H]1C[C@H]1c1ccccc1C(F)(F)F)N[C@@H]1C[C@H]2CC[C@H]1O2. The van der Waals surface area contributed by atoms with Gasteiger partial charge in [-0.2, -0.15) is 13.2 Å². The quantitative estimate of drug-likeness (QED) is 0.888. The Kier molecular flexibility index (Phi) is 3.71. The van der Waals surface area contributed by atoms with E-state index in [2.05, 4.69) is 10.6 Å². The van der Waals surface area contributed by atoms with E-state index >= 15 is 0 Å². The first-order chi connectivity index (χ1) is 11.4. The molecule has 5 atom stereocenters. The Bertz CT molecular complexity index is 649. The zero-order chi connectivity index (χ0) is 16.9. The van der Waals surface area contributed by atoms with Gasteiger partial charge in [-0.25, -0.2) is 4.79 Å². The molecule has 4 rings (SSSR count). The monoisotopic (exact) mass is 340 g/mol. The molecule has 130 valence electrons. The summed E-state index contributed by atoms with van der Waals surface area (Å²) in [5.74, 6) is -0.273. The van der Waals surface area contributed by atoms with Crippen molar-refractivity contribution in [2.75, 3.05) is 0 Å². The number of carbonyl (C=O) groups excluding carboxylic acids is 1. The lowest BCUT2D eigenvalue weighted by Gasteiger charge is -2.20. The van der Waals surface area contributed by atoms with Crippen LogP contribution in [0.1, 0.15) is 42.7 Å². The van der Waals surface area contributed by atoms with Crippen molar-refractivity contribution in [1.82, 2.24) is 10.6 Å². The van der Waals surface area contributed by atoms with Crippen molar-refractivity contribution < 1.29 is 22.7 Å². The lowest BCUT2D eigenvalue weighted by atomic mass is 9.96. The second kappa shape index (κ2) is 5.65. The summed E-state index contributed by atoms with van der Waals surface area (Å²) in [6, 6.07) is 5.05. The van der Waals surface area contributed by atoms with Crippen LogP contribution in [0.25, 0.3) is 0 Å². The molecule has 0 aromatic heterocycles. The van der Waals surface area contributed by atoms with Crippen LogP contribution in [0.4, 0.5) is 18.0 Å². The molecule has 24 heavy (non-hydrogen) atoms. The van der Waals surface area contributed by atoms with Gasteiger partial charge in [0.2, 0.25) is 0 Å². The third-order valence-corrected chi connectivity index (χ3v) is 5.20. The largest absolute Gasteiger partial charge is 0.416 e. The zero-order valence-corrected chi connectivity index (χ0v) is 13.0. The first-order valence-electron chi connectivity index (χ1n) is 8.30. The van der Waals surface area contributed by atoms with Crippen LogP contribution >= 0.6 is 0 Å². The first-order valence-corrected chi connectivity index (χ1v) is 8.30. The first kappa shape index (κ1) is 15.7. The number of rotatable bonds is 3. The molecule has 4 nitrogen and oxygen atoms in total. The summed E-state index contributed by atoms with van der Waals surface area (Å²) in [4.78, 5) is 12.1. The van der Waals surface area contributed by atoms with E-state index in [1.54, 1.807) is 6.07 Å². The standard InChI is InChI=1S/C17H19F3N2O2/c18-17(19,20)12-4-2-1-3-10(12)11-8-13(11)21-16(23)22-14-7-9-5-6-15(14)24-9/h1-4,9,11,13-15H,5-8H2,(H2,21,22,23)/t9-,11+,13+,14-,15-/m1/s1. The number of amides is 2. The van der Waals surface area contributed by atoms with Crippen molar-refractivity contribution in [3.8, 4) is 0 Å². The number of hydrogen-bond donors (Lipinski definition) is 2. The van der Waals surface area contributed by atoms with Crippen LogP contribution in [-0.2, 0) is 10.9 Å². The lowest BCUT2D eigenvalue weighted by Crippen LogP contribution is -2.47. The van der Waals surface area contributed by atoms with Gasteiger partial charge in [0.15, 0.2) is 0 Å². The van der Waals surface area contributed by atoms with Crippen molar-refractivity contribution >= 4 is 6.03 Å². The molecule has 2 aliphatic heterocycles. The van der Waals surface area contributed by atoms with Gasteiger partial charge in [-0.15, -0.1) is 0 Å². The second-order valence-corrected chi connectivity index (χ2v) is 6.87. The van der Waals surface area contributed by atoms with Gasteiger partial charge in [0, 0.05) is 12.0 Å². The highest BCUT2D eigenvalue weighted by atomic mass is 19.4. The number of ether oxygens (including phenoxy) is 1. The molecule has 3 fully saturated rings. The zero-order valence-electron chi connectivity index (χ0n) is 13.0. The van der Waals surface area contributed by atoms with E-state index in [0.717, 1.165) is 25.3 Å². The fraction of sp³-hybridized carbons (Fsp3) is 0.588. The molecule has 0 spiro atoms. The number of alkyl halides is 3. The summed E-state index contributed by atoms with van der Waals surface area (Å²) in [6.45, 7) is 0. The maximum Gasteiger partial charge on any atom is 0.416 e. The van der Waals surface area contributed by atoms with E-state index in [-0.39, 0.29) is 41.8 Å². The Morgan fingerprint density at radius 3 is 2.50 bits per heavy atom. The number of fused-ring (bicyclic) bond motifs is 2. The molecular weight excluding hydrogens is 321 g/mol. The predicted molar refractivity (Wildman–Crippen MR) is 80.6 cm³/mol. The topological polar surface area (TPSA) is 50.4 Å². The third kappa shape index (κ3) is 2.97. The number of benzene rings is 1. The molecule has 0 radical (unpaired) electrons. The van der Waals surface area contributed by atoms with E-state index < -0.39 is 11.7 Å². The molecule has 2 heterocycles. The molecule has 2 bridgehead atoms. The Morgan fingerprint density at radius 2 is 1.83 bits per heavy atom. The summed E-state index contributed by atoms with van der Waals surface area (Å²) in [7, 11) is 0. The molecule has 0 unspecified atom stereocenters. The molecule has 2 amide bonds. The molecule has 1 aliphatic carbocycles. The van der Waals surface area contributed by atoms with Gasteiger partial charge in [-0.3, -0.25) is 0 Å². The minimum absolute atomic E-state index is 0.0170. The Labute approximate surface area is 137 Å². The van der Waals surface area contributed by atoms with E-state index in [0.29, 0.717) is 6.42 Å². The van der Waals surface area contributed by atoms with Crippen LogP contribution in [0.5, 0.6) is 0 Å². The molecule has 3 aliphatic rings. The molecule has 1 saturated carbocycles. The van der Waals surface area contributed by atoms with E-state index in [4.69, 9.17) is 4.74 Å². The van der Waals surface area contributed by atoms with Crippen LogP contribution < -0.4 is 10.6 Å². The molecule has 2 saturated heterocycles. The summed E-state index contributed by atoms with van der Waals surface area (Å²) in [6.07, 6.45) is -0.679. The number of carbonyl (C=O) groups is 1. The molecule has 1 aromatic carbocycles. The van der Waals surface area contributed by atoms with Gasteiger partial charge in [0.25, 0.3) is 0 Å². The Morgan fingerprint density at radius 1 is 1.08 bits per heavy atom. The van der Waals surface area contributed by atoms with Gasteiger partial charge < -0.3 is 15.4 Å². The highest BCUT2D eigenvalue weighted by Crippen LogP contribution is 2.46. The fourth-order valence-electron chi connectivity index (χ4n) is 3.94. The number of nitrogens with one attached hydrogen (secondary N) is 2. The summed E-state index contributed by atoms with van der Waals surface area (Å²) in [5.41, 5.74) is -0.347. The highest BCUT2D eigenvalue weighted by molar-refractivity contribution is 5.75. The number of urea groups is 1. The average molecular weight is 340 g/mol. The van der Waals surface area contributed by atoms with Gasteiger partial charge >= 0.3 is 12.2 Å². The van der Waals surface area contributed by atoms with Crippen molar-refractivity contribution in [3.05, 3.63) is 35.4 Å². The van der Waals surface area contributed by atoms with Crippen molar-refractivity contribution in [1.29, 1.82) is 0 Å². The van der Waals surface area contributed by atoms with Crippen LogP contribution in [0.2, 0.25) is 0 Å². The van der Waals surface area contributed by atoms with Crippen LogP contribution in [0, 0.1) is 0 Å². The average Bonchev–Trinajstić information content (AvgIpc) is 2.96. The maximum absolute atomic E-state index is 13.1. The summed E-state index contributed by atoms with van der Waals surface area (Å²) in [5, 5.41) is 5.70. The summed E-state index contributed by atoms with van der Waals surface area (Å²) < 4.78 is 44.9. The maximum atomic E-state index is 13.1. The van der Waals surface area contributed by atoms with Crippen molar-refractivity contribution in [2.45, 2.75) is 62.1 Å². The minimum atomic E-state index is -4.37. The van der Waals surface area contributed by atoms with E-state index in [1.165, 1.54) is 12.1 Å². The lowest BCUT2D eigenvalue weighted by molar-refractivity contribution is -0.138. The van der Waals surface area contributed by atoms with Gasteiger partial charge in [-0.05, 0) is 37.3 Å². The Hall–Kier alpha value is -1.76. The van der Waals surface area contributed by atoms with Crippen LogP contribution in [-0.4, -0.2) is 30.3 Å². The Balaban J connectivity index is 1.35. The number of halogens is 3. The van der Waals surface area contributed by atoms with E-state index in [9.17, 15) is 18.0 Å². The van der Waals surface area contributed by atoms with Gasteiger partial charge in [-0.1, -0.05) is 18.2 Å². The van der Waals surface area contributed by atoms with Crippen molar-refractivity contribution in [3.63, 3.8) is 0 Å². The van der Waals surface area contributed by atoms with Gasteiger partial charge in [0.1, 0.15) is 0 Å². The number of hydrogen-bond acceptors (Lipinski definition) is 2. The smallest absolute Gasteiger partial charge is 0.373 e. The van der Waals surface area contributed by atoms with Crippen LogP contribution in [0.3, 0.4) is 0 Å². The molecule has 2 N–H and O–H groups in total. The normalized spacial score (nSPS) is 34.2. The minimum Gasteiger partial charge on any atom is -0.373 e. The van der Waals surface area contributed by atoms with E-state index in [1.807, 2.05) is 0 Å².